The van der Waals surface area contributed by atoms with E-state index in [4.69, 9.17) is 30.0 Å². The number of nitrogens with two attached hydrogens (primary N) is 2. The zero-order valence-corrected chi connectivity index (χ0v) is 21.0. The van der Waals surface area contributed by atoms with Crippen molar-refractivity contribution in [3.8, 4) is 0 Å². The van der Waals surface area contributed by atoms with Gasteiger partial charge < -0.3 is 40.2 Å². The number of aliphatic hydroxyl groups is 2. The summed E-state index contributed by atoms with van der Waals surface area (Å²) in [6.07, 6.45) is -2.19. The molecule has 5 rings (SSSR count). The summed E-state index contributed by atoms with van der Waals surface area (Å²) in [7, 11) is -3.74. The van der Waals surface area contributed by atoms with Gasteiger partial charge in [0, 0.05) is 25.7 Å². The van der Waals surface area contributed by atoms with E-state index < -0.39 is 62.3 Å². The van der Waals surface area contributed by atoms with E-state index in [9.17, 15) is 24.4 Å². The molecular weight excluding hydrogens is 527 g/mol. The number of fused-ring (bicyclic) bond motifs is 1. The van der Waals surface area contributed by atoms with Gasteiger partial charge in [-0.1, -0.05) is 0 Å². The Morgan fingerprint density at radius 3 is 2.66 bits per heavy atom. The fourth-order valence-electron chi connectivity index (χ4n) is 4.47. The first kappa shape index (κ1) is 26.4. The number of nitrogen functional groups attached to an aromatic ring is 2. The number of hydrogen-bond acceptors (Lipinski definition) is 14. The van der Waals surface area contributed by atoms with Gasteiger partial charge >= 0.3 is 13.3 Å². The Labute approximate surface area is 213 Å². The van der Waals surface area contributed by atoms with Crippen molar-refractivity contribution in [2.24, 2.45) is 0 Å². The van der Waals surface area contributed by atoms with Crippen LogP contribution in [0.5, 0.6) is 0 Å². The van der Waals surface area contributed by atoms with Crippen LogP contribution in [0.25, 0.3) is 11.2 Å². The van der Waals surface area contributed by atoms with Gasteiger partial charge in [0.25, 0.3) is 5.56 Å². The van der Waals surface area contributed by atoms with E-state index in [1.807, 2.05) is 0 Å². The van der Waals surface area contributed by atoms with Crippen molar-refractivity contribution in [1.29, 1.82) is 0 Å². The van der Waals surface area contributed by atoms with Crippen molar-refractivity contribution in [2.45, 2.75) is 49.7 Å². The molecule has 2 saturated heterocycles. The maximum Gasteiger partial charge on any atom is 0.351 e. The maximum atomic E-state index is 13.1. The van der Waals surface area contributed by atoms with Crippen LogP contribution in [0.4, 0.5) is 11.8 Å². The van der Waals surface area contributed by atoms with Crippen molar-refractivity contribution < 1.29 is 33.3 Å². The zero-order chi connectivity index (χ0) is 27.2. The molecule has 5 heterocycles. The Hall–Kier alpha value is -3.18. The average Bonchev–Trinajstić information content (AvgIpc) is 3.54. The van der Waals surface area contributed by atoms with Gasteiger partial charge in [0.2, 0.25) is 5.95 Å². The van der Waals surface area contributed by atoms with Crippen molar-refractivity contribution in [3.05, 3.63) is 39.4 Å². The van der Waals surface area contributed by atoms with E-state index in [1.54, 1.807) is 0 Å². The zero-order valence-electron chi connectivity index (χ0n) is 20.1. The summed E-state index contributed by atoms with van der Waals surface area (Å²) in [5, 5.41) is 20.2. The molecule has 0 radical (unpaired) electrons. The third-order valence-corrected chi connectivity index (χ3v) is 7.56. The van der Waals surface area contributed by atoms with E-state index in [1.165, 1.54) is 34.4 Å². The number of ether oxygens (including phenoxy) is 2. The molecule has 0 bridgehead atoms. The number of imidazole rings is 1. The van der Waals surface area contributed by atoms with Crippen LogP contribution < -0.4 is 22.7 Å². The van der Waals surface area contributed by atoms with Crippen molar-refractivity contribution in [1.82, 2.24) is 29.1 Å². The fourth-order valence-corrected chi connectivity index (χ4v) is 5.66. The number of nitrogens with zero attached hydrogens (tertiary/aromatic N) is 5. The van der Waals surface area contributed by atoms with Gasteiger partial charge in [-0.05, 0) is 6.07 Å². The van der Waals surface area contributed by atoms with E-state index >= 15 is 0 Å². The molecule has 7 N–H and O–H groups in total. The first-order valence-corrected chi connectivity index (χ1v) is 13.6. The van der Waals surface area contributed by atoms with Gasteiger partial charge in [0.05, 0.1) is 31.7 Å². The molecule has 3 aromatic rings. The lowest BCUT2D eigenvalue weighted by Gasteiger charge is -2.23. The number of H-pyrrole nitrogens is 1. The van der Waals surface area contributed by atoms with Gasteiger partial charge in [-0.25, -0.2) is 9.78 Å². The summed E-state index contributed by atoms with van der Waals surface area (Å²) < 4.78 is 38.6. The Morgan fingerprint density at radius 2 is 1.92 bits per heavy atom. The lowest BCUT2D eigenvalue weighted by atomic mass is 10.2. The van der Waals surface area contributed by atoms with Crippen LogP contribution >= 0.6 is 7.60 Å². The first-order chi connectivity index (χ1) is 18.0. The van der Waals surface area contributed by atoms with Crippen LogP contribution in [0.3, 0.4) is 0 Å². The van der Waals surface area contributed by atoms with Gasteiger partial charge in [0.15, 0.2) is 11.2 Å². The minimum absolute atomic E-state index is 0.0580. The van der Waals surface area contributed by atoms with E-state index in [0.29, 0.717) is 0 Å². The monoisotopic (exact) mass is 554 g/mol. The fraction of sp³-hybridized carbons (Fsp3) is 0.550. The second kappa shape index (κ2) is 10.2. The normalized spacial score (nSPS) is 29.1. The predicted octanol–water partition coefficient (Wildman–Crippen LogP) is -1.31. The van der Waals surface area contributed by atoms with Crippen molar-refractivity contribution in [2.75, 3.05) is 31.3 Å². The highest BCUT2D eigenvalue weighted by Gasteiger charge is 2.42. The second-order valence-corrected chi connectivity index (χ2v) is 11.0. The number of hydrogen-bond donors (Lipinski definition) is 5. The average molecular weight is 554 g/mol. The van der Waals surface area contributed by atoms with Crippen LogP contribution in [-0.4, -0.2) is 83.6 Å². The van der Waals surface area contributed by atoms with E-state index in [-0.39, 0.29) is 42.4 Å². The molecule has 1 unspecified atom stereocenters. The number of aliphatic hydroxyl groups excluding tert-OH is 2. The van der Waals surface area contributed by atoms with E-state index in [2.05, 4.69) is 19.9 Å². The standard InChI is InChI=1S/C20H27N8O9P/c1-38(33,34-7-12-9(30)4-14(36-12)27-3-2-13(21)24-20(27)32)37-10-5-15(35-11(10)6-29)28-8-23-16-17(28)25-19(22)26-18(16)31/h2-3,8-12,14-15,29-30H,4-7H2,1H3,(H2,21,24,32)(H3,22,25,26,31)/t9-,10-,11+,12+,14+,15+,38?/m0/s1. The van der Waals surface area contributed by atoms with Gasteiger partial charge in [-0.3, -0.25) is 23.5 Å². The number of aromatic amines is 1. The molecule has 3 aromatic heterocycles. The van der Waals surface area contributed by atoms with Crippen LogP contribution in [0.15, 0.2) is 28.2 Å². The Bertz CT molecular complexity index is 1490. The highest BCUT2D eigenvalue weighted by Crippen LogP contribution is 2.49. The summed E-state index contributed by atoms with van der Waals surface area (Å²) >= 11 is 0. The molecule has 38 heavy (non-hydrogen) atoms. The molecule has 7 atom stereocenters. The second-order valence-electron chi connectivity index (χ2n) is 9.01. The summed E-state index contributed by atoms with van der Waals surface area (Å²) in [6.45, 7) is 0.512. The molecule has 0 aliphatic carbocycles. The largest absolute Gasteiger partial charge is 0.394 e. The highest BCUT2D eigenvalue weighted by atomic mass is 31.2. The maximum absolute atomic E-state index is 13.1. The molecule has 206 valence electrons. The third kappa shape index (κ3) is 5.22. The quantitative estimate of drug-likeness (QED) is 0.203. The summed E-state index contributed by atoms with van der Waals surface area (Å²) in [5.41, 5.74) is 10.2. The molecule has 0 saturated carbocycles. The van der Waals surface area contributed by atoms with Crippen LogP contribution in [0.2, 0.25) is 0 Å². The number of rotatable bonds is 8. The molecule has 2 aliphatic rings. The smallest absolute Gasteiger partial charge is 0.351 e. The van der Waals surface area contributed by atoms with Gasteiger partial charge in [-0.2, -0.15) is 9.97 Å². The summed E-state index contributed by atoms with van der Waals surface area (Å²) in [4.78, 5) is 38.3. The Morgan fingerprint density at radius 1 is 1.18 bits per heavy atom. The van der Waals surface area contributed by atoms with E-state index in [0.717, 1.165) is 0 Å². The number of nitrogens with one attached hydrogen (secondary N) is 1. The predicted molar refractivity (Wildman–Crippen MR) is 130 cm³/mol. The molecule has 17 nitrogen and oxygen atoms in total. The molecule has 0 amide bonds. The van der Waals surface area contributed by atoms with Gasteiger partial charge in [0.1, 0.15) is 30.5 Å². The molecular formula is C20H27N8O9P. The minimum Gasteiger partial charge on any atom is -0.394 e. The highest BCUT2D eigenvalue weighted by molar-refractivity contribution is 7.53. The van der Waals surface area contributed by atoms with Gasteiger partial charge in [-0.15, -0.1) is 0 Å². The van der Waals surface area contributed by atoms with Crippen LogP contribution in [0.1, 0.15) is 25.3 Å². The lowest BCUT2D eigenvalue weighted by molar-refractivity contribution is -0.0510. The van der Waals surface area contributed by atoms with Crippen molar-refractivity contribution >= 4 is 30.5 Å². The minimum atomic E-state index is -3.74. The van der Waals surface area contributed by atoms with Crippen molar-refractivity contribution in [3.63, 3.8) is 0 Å². The summed E-state index contributed by atoms with van der Waals surface area (Å²) in [6, 6.07) is 1.43. The molecule has 0 aromatic carbocycles. The SMILES string of the molecule is CP(=O)(OC[C@H]1O[C@@H](n2ccc(N)nc2=O)C[C@@H]1O)O[C@H]1C[C@H](n2cnc3c(=O)[nH]c(N)nc32)O[C@@H]1CO. The topological polar surface area (TPSA) is 245 Å². The molecule has 0 spiro atoms. The first-order valence-electron chi connectivity index (χ1n) is 11.6. The number of anilines is 2. The summed E-state index contributed by atoms with van der Waals surface area (Å²) in [5.74, 6) is -0.0420. The third-order valence-electron chi connectivity index (χ3n) is 6.29. The lowest BCUT2D eigenvalue weighted by Crippen LogP contribution is -2.29. The Kier molecular flexibility index (Phi) is 7.08. The number of aromatic nitrogens is 6. The Balaban J connectivity index is 1.23. The van der Waals surface area contributed by atoms with Crippen LogP contribution in [-0.2, 0) is 23.1 Å². The molecule has 2 aliphatic heterocycles. The molecule has 18 heteroatoms. The molecule has 2 fully saturated rings. The van der Waals surface area contributed by atoms with Crippen LogP contribution in [0, 0.1) is 0 Å².